The van der Waals surface area contributed by atoms with Gasteiger partial charge in [0.25, 0.3) is 0 Å². The molecule has 0 bridgehead atoms. The number of aliphatic hydroxyl groups excluding tert-OH is 7. The van der Waals surface area contributed by atoms with Crippen molar-refractivity contribution in [1.82, 2.24) is 0 Å². The summed E-state index contributed by atoms with van der Waals surface area (Å²) in [6, 6.07) is 0. The summed E-state index contributed by atoms with van der Waals surface area (Å²) in [5.74, 6) is -0.908. The van der Waals surface area contributed by atoms with Crippen LogP contribution in [0.5, 0.6) is 0 Å². The van der Waals surface area contributed by atoms with Crippen LogP contribution >= 0.6 is 0 Å². The average Bonchev–Trinajstić information content (AvgIpc) is 1.55. The third-order valence-corrected chi connectivity index (χ3v) is 21.2. The normalized spacial score (nSPS) is 47.8. The van der Waals surface area contributed by atoms with Crippen molar-refractivity contribution in [3.8, 4) is 0 Å². The molecule has 27 atom stereocenters. The summed E-state index contributed by atoms with van der Waals surface area (Å²) in [7, 11) is -9.67. The number of carbonyl (C=O) groups is 2. The summed E-state index contributed by atoms with van der Waals surface area (Å²) in [6.45, 7) is 17.2. The smallest absolute Gasteiger partial charge is 0.726 e. The van der Waals surface area contributed by atoms with Gasteiger partial charge in [-0.1, -0.05) is 44.9 Å². The molecule has 27 nitrogen and oxygen atoms in total. The second kappa shape index (κ2) is 26.6. The molecule has 474 valence electrons. The van der Waals surface area contributed by atoms with E-state index in [-0.39, 0.29) is 94.5 Å². The Morgan fingerprint density at radius 2 is 1.34 bits per heavy atom. The van der Waals surface area contributed by atoms with Crippen molar-refractivity contribution in [1.29, 1.82) is 0 Å². The minimum Gasteiger partial charge on any atom is -0.726 e. The minimum absolute atomic E-state index is 0. The molecule has 0 aromatic rings. The van der Waals surface area contributed by atoms with Gasteiger partial charge in [-0.25, -0.2) is 16.8 Å². The van der Waals surface area contributed by atoms with Crippen molar-refractivity contribution >= 4 is 32.6 Å². The maximum Gasteiger partial charge on any atom is 1.00 e. The van der Waals surface area contributed by atoms with E-state index >= 15 is 0 Å². The molecule has 0 aromatic heterocycles. The van der Waals surface area contributed by atoms with Gasteiger partial charge in [-0.2, -0.15) is 0 Å². The molecule has 8 fully saturated rings. The number of rotatable bonds is 18. The van der Waals surface area contributed by atoms with E-state index in [9.17, 15) is 71.3 Å². The van der Waals surface area contributed by atoms with Gasteiger partial charge < -0.3 is 92.2 Å². The first kappa shape index (κ1) is 72.2. The number of cyclic esters (lactones) is 1. The van der Waals surface area contributed by atoms with Crippen molar-refractivity contribution in [3.05, 3.63) is 23.8 Å². The van der Waals surface area contributed by atoms with Gasteiger partial charge >= 0.3 is 65.1 Å². The van der Waals surface area contributed by atoms with Crippen LogP contribution < -0.4 is 59.1 Å². The molecule has 4 aliphatic carbocycles. The Labute approximate surface area is 539 Å². The minimum atomic E-state index is -5.46. The molecule has 7 N–H and O–H groups in total. The summed E-state index contributed by atoms with van der Waals surface area (Å²) in [5, 5.41) is 79.5. The van der Waals surface area contributed by atoms with Crippen molar-refractivity contribution in [2.24, 2.45) is 39.4 Å². The monoisotopic (exact) mass is 1270 g/mol. The van der Waals surface area contributed by atoms with E-state index < -0.39 is 185 Å². The molecular weight excluding hydrogens is 1190 g/mol. The van der Waals surface area contributed by atoms with E-state index in [1.165, 1.54) is 21.0 Å². The summed E-state index contributed by atoms with van der Waals surface area (Å²) < 4.78 is 139. The van der Waals surface area contributed by atoms with Gasteiger partial charge in [0.05, 0.1) is 42.9 Å². The molecule has 0 unspecified atom stereocenters. The Bertz CT molecular complexity index is 2690. The molecular formula is C54H82Na2O27S2. The van der Waals surface area contributed by atoms with Gasteiger partial charge in [0.2, 0.25) is 20.8 Å². The van der Waals surface area contributed by atoms with Crippen LogP contribution in [0.25, 0.3) is 0 Å². The summed E-state index contributed by atoms with van der Waals surface area (Å²) >= 11 is 0. The molecule has 1 spiro atoms. The third kappa shape index (κ3) is 13.3. The van der Waals surface area contributed by atoms with Gasteiger partial charge in [-0.3, -0.25) is 18.0 Å². The summed E-state index contributed by atoms with van der Waals surface area (Å²) in [4.78, 5) is 28.7. The van der Waals surface area contributed by atoms with E-state index in [0.717, 1.165) is 24.0 Å². The van der Waals surface area contributed by atoms with Gasteiger partial charge in [-0.15, -0.1) is 6.58 Å². The predicted octanol–water partition coefficient (Wildman–Crippen LogP) is -6.20. The number of ether oxygens (including phenoxy) is 10. The van der Waals surface area contributed by atoms with Crippen LogP contribution in [0.4, 0.5) is 0 Å². The molecule has 3 saturated carbocycles. The molecule has 9 aliphatic rings. The number of esters is 1. The number of allylic oxidation sites excluding steroid dienone is 3. The van der Waals surface area contributed by atoms with Crippen LogP contribution in [0, 0.1) is 39.4 Å². The largest absolute Gasteiger partial charge is 1.00 e. The van der Waals surface area contributed by atoms with Crippen LogP contribution in [0.1, 0.15) is 113 Å². The predicted molar refractivity (Wildman–Crippen MR) is 276 cm³/mol. The van der Waals surface area contributed by atoms with Crippen LogP contribution in [-0.2, 0) is 86.1 Å². The van der Waals surface area contributed by atoms with E-state index in [0.29, 0.717) is 38.5 Å². The molecule has 9 rings (SSSR count). The number of Topliss-reactive ketones (excluding diaryl/α,β-unsaturated/α-hetero) is 1. The molecule has 5 saturated heterocycles. The Hall–Kier alpha value is -0.280. The Morgan fingerprint density at radius 1 is 0.729 bits per heavy atom. The Kier molecular flexibility index (Phi) is 22.6. The SMILES string of the molecule is C=C(C)CCC[C@]1(C)OC(=O)[C@]23CC[C@H]4C(=CC[C@H]5C(C)(C)[C@@H](O[C@@H]6OC[C@@H](OS(=O)(=O)[O-])[C@H](O)[C@H]6O[C@@H]6O[C@H](C)[C@@H](O[C@@H]7O[C@H](COS(=O)(=O)[O-])[C@@H](O)[C@H](O[C@@H]8O[C@H](C)[C@@H](O)[C@H](OC)[C@H]8O)[C@H]7O)[C@H](O)[C@H]6O)CC[C@]45C)[C@]2(C)CC(=O)[C@@H]31.[Na+].[Na+]. The summed E-state index contributed by atoms with van der Waals surface area (Å²) in [6.07, 6.45) is -26.9. The van der Waals surface area contributed by atoms with Crippen LogP contribution in [0.15, 0.2) is 23.8 Å². The average molecular weight is 1270 g/mol. The number of hydrogen-bond donors (Lipinski definition) is 7. The van der Waals surface area contributed by atoms with Gasteiger partial charge in [0.1, 0.15) is 90.7 Å². The molecule has 5 heterocycles. The van der Waals surface area contributed by atoms with Crippen LogP contribution in [0.3, 0.4) is 0 Å². The summed E-state index contributed by atoms with van der Waals surface area (Å²) in [5.41, 5.74) is -1.62. The molecule has 0 amide bonds. The van der Waals surface area contributed by atoms with Crippen molar-refractivity contribution in [2.45, 2.75) is 242 Å². The number of hydrogen-bond acceptors (Lipinski definition) is 27. The second-order valence-corrected chi connectivity index (χ2v) is 27.8. The number of fused-ring (bicyclic) bond motifs is 4. The number of methoxy groups -OCH3 is 1. The Morgan fingerprint density at radius 3 is 1.98 bits per heavy atom. The maximum absolute atomic E-state index is 14.4. The number of aliphatic hydroxyl groups is 7. The fourth-order valence-electron chi connectivity index (χ4n) is 16.1. The molecule has 85 heavy (non-hydrogen) atoms. The fraction of sp³-hybridized carbons (Fsp3) is 0.889. The van der Waals surface area contributed by atoms with Crippen molar-refractivity contribution in [3.63, 3.8) is 0 Å². The quantitative estimate of drug-likeness (QED) is 0.0221. The molecule has 5 aliphatic heterocycles. The molecule has 31 heteroatoms. The second-order valence-electron chi connectivity index (χ2n) is 25.8. The van der Waals surface area contributed by atoms with Gasteiger partial charge in [0, 0.05) is 18.9 Å². The van der Waals surface area contributed by atoms with E-state index in [1.54, 1.807) is 0 Å². The first-order valence-electron chi connectivity index (χ1n) is 28.4. The zero-order valence-electron chi connectivity index (χ0n) is 50.0. The molecule has 0 radical (unpaired) electrons. The van der Waals surface area contributed by atoms with Gasteiger partial charge in [-0.05, 0) is 102 Å². The topological polar surface area (TPSA) is 401 Å². The van der Waals surface area contributed by atoms with E-state index in [4.69, 9.17) is 47.4 Å². The van der Waals surface area contributed by atoms with Crippen molar-refractivity contribution in [2.75, 3.05) is 20.3 Å². The van der Waals surface area contributed by atoms with Crippen molar-refractivity contribution < 1.29 is 186 Å². The van der Waals surface area contributed by atoms with Crippen LogP contribution in [-0.4, -0.2) is 222 Å². The van der Waals surface area contributed by atoms with Gasteiger partial charge in [0.15, 0.2) is 25.2 Å². The first-order valence-corrected chi connectivity index (χ1v) is 31.0. The standard InChI is InChI=1S/C54H84O27S2.2Na/c1-23(2)12-11-17-53(9)44-28(55)20-52(8)27-13-14-31-50(5,6)32(16-18-51(31,7)26(27)15-19-54(44,52)49(63)80-53)76-48-43(35(58)30(21-71-48)81-83(67,68)69)79-45-37(60)36(59)40(25(4)74-45)77-47-39(62)42(34(57)29(75-47)22-72-82(64,65)66)78-46-38(61)41(70-10)33(56)24(3)73-46;;/h13,24-26,29-48,56-62H,1,11-12,14-22H2,2-10H3,(H,64,65,66)(H,67,68,69);;/q;2*+1/p-2/t24-,25-,26+,29-,30-,31+,32+,33-,34-,35+,36-,37-,38-,39-,40-,41+,42+,43-,44-,45+,46+,47+,48+,51-,52+,53+,54-;;/m1../s1. The maximum atomic E-state index is 14.4. The third-order valence-electron chi connectivity index (χ3n) is 20.3. The first-order chi connectivity index (χ1) is 38.5. The van der Waals surface area contributed by atoms with E-state index in [2.05, 4.69) is 34.9 Å². The number of carbonyl (C=O) groups excluding carboxylic acids is 2. The zero-order valence-corrected chi connectivity index (χ0v) is 55.6. The van der Waals surface area contributed by atoms with E-state index in [1.807, 2.05) is 27.7 Å². The fourth-order valence-corrected chi connectivity index (χ4v) is 16.9. The number of ketones is 1. The van der Waals surface area contributed by atoms with Crippen LogP contribution in [0.2, 0.25) is 0 Å². The molecule has 0 aromatic carbocycles. The Balaban J connectivity index is 0.00000518. The zero-order chi connectivity index (χ0) is 61.1.